The van der Waals surface area contributed by atoms with Gasteiger partial charge in [0.05, 0.1) is 11.7 Å². The van der Waals surface area contributed by atoms with Crippen molar-refractivity contribution < 1.29 is 0 Å². The number of nitrogens with one attached hydrogen (secondary N) is 1. The van der Waals surface area contributed by atoms with Crippen molar-refractivity contribution in [2.75, 3.05) is 12.8 Å². The van der Waals surface area contributed by atoms with Crippen LogP contribution in [0, 0.1) is 6.92 Å². The number of nitrogen functional groups attached to an aromatic ring is 1. The first-order valence-electron chi connectivity index (χ1n) is 5.50. The van der Waals surface area contributed by atoms with Gasteiger partial charge in [-0.1, -0.05) is 0 Å². The van der Waals surface area contributed by atoms with Gasteiger partial charge in [-0.2, -0.15) is 5.10 Å². The molecule has 90 valence electrons. The highest BCUT2D eigenvalue weighted by Crippen LogP contribution is 2.24. The van der Waals surface area contributed by atoms with Gasteiger partial charge in [0.1, 0.15) is 5.82 Å². The maximum absolute atomic E-state index is 5.92. The van der Waals surface area contributed by atoms with E-state index in [9.17, 15) is 0 Å². The van der Waals surface area contributed by atoms with E-state index in [1.165, 1.54) is 0 Å². The summed E-state index contributed by atoms with van der Waals surface area (Å²) in [6.07, 6.45) is 3.68. The molecule has 2 rings (SSSR count). The van der Waals surface area contributed by atoms with Crippen molar-refractivity contribution in [3.63, 3.8) is 0 Å². The van der Waals surface area contributed by atoms with E-state index in [0.717, 1.165) is 16.8 Å². The summed E-state index contributed by atoms with van der Waals surface area (Å²) in [5.41, 5.74) is 8.92. The summed E-state index contributed by atoms with van der Waals surface area (Å²) in [5, 5.41) is 7.62. The fourth-order valence-corrected chi connectivity index (χ4v) is 1.88. The van der Waals surface area contributed by atoms with Crippen LogP contribution in [0.2, 0.25) is 0 Å². The summed E-state index contributed by atoms with van der Waals surface area (Å²) in [7, 11) is 3.79. The minimum atomic E-state index is -0.0244. The zero-order valence-corrected chi connectivity index (χ0v) is 10.3. The van der Waals surface area contributed by atoms with Crippen LogP contribution in [0.1, 0.15) is 22.9 Å². The summed E-state index contributed by atoms with van der Waals surface area (Å²) in [4.78, 5) is 4.18. The number of nitrogens with two attached hydrogens (primary N) is 1. The molecular formula is C12H17N5. The Hall–Kier alpha value is -1.88. The van der Waals surface area contributed by atoms with Gasteiger partial charge in [0.25, 0.3) is 0 Å². The van der Waals surface area contributed by atoms with Gasteiger partial charge in [0.2, 0.25) is 0 Å². The van der Waals surface area contributed by atoms with Crippen LogP contribution in [-0.2, 0) is 7.05 Å². The number of nitrogens with zero attached hydrogens (tertiary/aromatic N) is 3. The predicted molar refractivity (Wildman–Crippen MR) is 67.5 cm³/mol. The number of aromatic nitrogens is 3. The SMILES string of the molecule is CNC(c1ccn(C)n1)c1cc(C)cnc1N. The highest BCUT2D eigenvalue weighted by Gasteiger charge is 2.17. The summed E-state index contributed by atoms with van der Waals surface area (Å²) in [6, 6.07) is 3.99. The van der Waals surface area contributed by atoms with Crippen LogP contribution < -0.4 is 11.1 Å². The molecule has 2 aromatic heterocycles. The first-order chi connectivity index (χ1) is 8.11. The van der Waals surface area contributed by atoms with Crippen LogP contribution >= 0.6 is 0 Å². The first kappa shape index (κ1) is 11.6. The van der Waals surface area contributed by atoms with Gasteiger partial charge in [-0.15, -0.1) is 0 Å². The molecule has 5 nitrogen and oxygen atoms in total. The van der Waals surface area contributed by atoms with Crippen molar-refractivity contribution >= 4 is 5.82 Å². The van der Waals surface area contributed by atoms with Crippen LogP contribution in [0.15, 0.2) is 24.5 Å². The number of anilines is 1. The zero-order chi connectivity index (χ0) is 12.4. The Morgan fingerprint density at radius 1 is 1.47 bits per heavy atom. The standard InChI is InChI=1S/C12H17N5/c1-8-6-9(12(13)15-7-8)11(14-2)10-4-5-17(3)16-10/h4-7,11,14H,1-3H3,(H2,13,15). The van der Waals surface area contributed by atoms with E-state index >= 15 is 0 Å². The second kappa shape index (κ2) is 4.55. The average Bonchev–Trinajstić information content (AvgIpc) is 2.71. The molecule has 5 heteroatoms. The summed E-state index contributed by atoms with van der Waals surface area (Å²) < 4.78 is 1.78. The molecule has 0 aliphatic rings. The van der Waals surface area contributed by atoms with Crippen LogP contribution in [0.25, 0.3) is 0 Å². The largest absolute Gasteiger partial charge is 0.383 e. The van der Waals surface area contributed by atoms with Crippen LogP contribution in [0.5, 0.6) is 0 Å². The van der Waals surface area contributed by atoms with E-state index in [1.54, 1.807) is 10.9 Å². The lowest BCUT2D eigenvalue weighted by atomic mass is 10.0. The zero-order valence-electron chi connectivity index (χ0n) is 10.3. The molecule has 0 saturated heterocycles. The molecule has 0 aromatic carbocycles. The van der Waals surface area contributed by atoms with E-state index in [-0.39, 0.29) is 6.04 Å². The molecule has 0 saturated carbocycles. The molecule has 0 aliphatic carbocycles. The van der Waals surface area contributed by atoms with Crippen LogP contribution in [0.3, 0.4) is 0 Å². The molecule has 0 spiro atoms. The Balaban J connectivity index is 2.45. The van der Waals surface area contributed by atoms with Crippen molar-refractivity contribution in [3.8, 4) is 0 Å². The lowest BCUT2D eigenvalue weighted by Crippen LogP contribution is -2.20. The lowest BCUT2D eigenvalue weighted by Gasteiger charge is -2.16. The highest BCUT2D eigenvalue weighted by molar-refractivity contribution is 5.45. The van der Waals surface area contributed by atoms with Gasteiger partial charge in [-0.05, 0) is 31.7 Å². The Bertz CT molecular complexity index is 517. The van der Waals surface area contributed by atoms with E-state index in [4.69, 9.17) is 5.73 Å². The Kier molecular flexibility index (Phi) is 3.10. The average molecular weight is 231 g/mol. The highest BCUT2D eigenvalue weighted by atomic mass is 15.3. The van der Waals surface area contributed by atoms with Crippen molar-refractivity contribution in [3.05, 3.63) is 41.3 Å². The lowest BCUT2D eigenvalue weighted by molar-refractivity contribution is 0.641. The third kappa shape index (κ3) is 2.29. The molecule has 0 radical (unpaired) electrons. The minimum Gasteiger partial charge on any atom is -0.383 e. The van der Waals surface area contributed by atoms with Crippen molar-refractivity contribution in [2.45, 2.75) is 13.0 Å². The van der Waals surface area contributed by atoms with E-state index in [1.807, 2.05) is 39.3 Å². The molecule has 2 aromatic rings. The van der Waals surface area contributed by atoms with E-state index in [0.29, 0.717) is 5.82 Å². The molecule has 0 bridgehead atoms. The fraction of sp³-hybridized carbons (Fsp3) is 0.333. The Morgan fingerprint density at radius 2 is 2.24 bits per heavy atom. The number of hydrogen-bond donors (Lipinski definition) is 2. The molecule has 0 fully saturated rings. The molecule has 0 amide bonds. The second-order valence-electron chi connectivity index (χ2n) is 4.12. The Morgan fingerprint density at radius 3 is 2.82 bits per heavy atom. The van der Waals surface area contributed by atoms with Gasteiger partial charge in [0, 0.05) is 25.0 Å². The van der Waals surface area contributed by atoms with Crippen molar-refractivity contribution in [1.82, 2.24) is 20.1 Å². The Labute approximate surface area is 101 Å². The summed E-state index contributed by atoms with van der Waals surface area (Å²) in [6.45, 7) is 2.00. The fourth-order valence-electron chi connectivity index (χ4n) is 1.88. The number of pyridine rings is 1. The third-order valence-electron chi connectivity index (χ3n) is 2.72. The molecule has 1 atom stereocenters. The maximum atomic E-state index is 5.92. The predicted octanol–water partition coefficient (Wildman–Crippen LogP) is 1.01. The molecular weight excluding hydrogens is 214 g/mol. The quantitative estimate of drug-likeness (QED) is 0.827. The number of aryl methyl sites for hydroxylation is 2. The first-order valence-corrected chi connectivity index (χ1v) is 5.50. The number of hydrogen-bond acceptors (Lipinski definition) is 4. The molecule has 3 N–H and O–H groups in total. The molecule has 1 unspecified atom stereocenters. The minimum absolute atomic E-state index is 0.0244. The smallest absolute Gasteiger partial charge is 0.128 e. The van der Waals surface area contributed by atoms with Crippen LogP contribution in [-0.4, -0.2) is 21.8 Å². The van der Waals surface area contributed by atoms with E-state index in [2.05, 4.69) is 15.4 Å². The normalized spacial score (nSPS) is 12.6. The van der Waals surface area contributed by atoms with Gasteiger partial charge >= 0.3 is 0 Å². The summed E-state index contributed by atoms with van der Waals surface area (Å²) in [5.74, 6) is 0.542. The molecule has 0 aliphatic heterocycles. The van der Waals surface area contributed by atoms with E-state index < -0.39 is 0 Å². The third-order valence-corrected chi connectivity index (χ3v) is 2.72. The topological polar surface area (TPSA) is 68.8 Å². The van der Waals surface area contributed by atoms with Gasteiger partial charge in [0.15, 0.2) is 0 Å². The van der Waals surface area contributed by atoms with Gasteiger partial charge in [-0.3, -0.25) is 4.68 Å². The monoisotopic (exact) mass is 231 g/mol. The van der Waals surface area contributed by atoms with Crippen LogP contribution in [0.4, 0.5) is 5.82 Å². The second-order valence-corrected chi connectivity index (χ2v) is 4.12. The number of rotatable bonds is 3. The maximum Gasteiger partial charge on any atom is 0.128 e. The van der Waals surface area contributed by atoms with Crippen molar-refractivity contribution in [2.24, 2.45) is 7.05 Å². The molecule has 17 heavy (non-hydrogen) atoms. The van der Waals surface area contributed by atoms with Crippen molar-refractivity contribution in [1.29, 1.82) is 0 Å². The van der Waals surface area contributed by atoms with Gasteiger partial charge in [-0.25, -0.2) is 4.98 Å². The molecule has 2 heterocycles. The van der Waals surface area contributed by atoms with Gasteiger partial charge < -0.3 is 11.1 Å². The summed E-state index contributed by atoms with van der Waals surface area (Å²) >= 11 is 0.